The largest absolute Gasteiger partial charge is 0.497 e. The fourth-order valence-electron chi connectivity index (χ4n) is 4.19. The van der Waals surface area contributed by atoms with Gasteiger partial charge in [0.15, 0.2) is 5.69 Å². The minimum absolute atomic E-state index is 0.0793. The summed E-state index contributed by atoms with van der Waals surface area (Å²) in [6.07, 6.45) is 4.03. The summed E-state index contributed by atoms with van der Waals surface area (Å²) in [7, 11) is 1.62. The van der Waals surface area contributed by atoms with Gasteiger partial charge in [0, 0.05) is 49.5 Å². The molecule has 0 aliphatic carbocycles. The Morgan fingerprint density at radius 2 is 1.70 bits per heavy atom. The SMILES string of the molecule is COc1ccc(-n2ccc(C(=O)N3CCN(C(=O)Cc4c[nH]c5ccccc45)CC3)n2)cc1. The van der Waals surface area contributed by atoms with Crippen LogP contribution in [0.5, 0.6) is 5.75 Å². The Hall–Kier alpha value is -4.07. The van der Waals surface area contributed by atoms with E-state index in [1.165, 1.54) is 0 Å². The molecule has 3 heterocycles. The predicted molar refractivity (Wildman–Crippen MR) is 125 cm³/mol. The van der Waals surface area contributed by atoms with Gasteiger partial charge in [-0.15, -0.1) is 0 Å². The number of aromatic amines is 1. The molecule has 1 fully saturated rings. The van der Waals surface area contributed by atoms with E-state index in [-0.39, 0.29) is 11.8 Å². The normalized spacial score (nSPS) is 14.0. The zero-order valence-electron chi connectivity index (χ0n) is 18.4. The van der Waals surface area contributed by atoms with Crippen LogP contribution >= 0.6 is 0 Å². The number of nitrogens with zero attached hydrogens (tertiary/aromatic N) is 4. The van der Waals surface area contributed by atoms with E-state index in [0.29, 0.717) is 38.3 Å². The highest BCUT2D eigenvalue weighted by atomic mass is 16.5. The maximum Gasteiger partial charge on any atom is 0.274 e. The van der Waals surface area contributed by atoms with Gasteiger partial charge in [-0.05, 0) is 42.0 Å². The lowest BCUT2D eigenvalue weighted by Crippen LogP contribution is -2.51. The molecule has 0 saturated carbocycles. The average molecular weight is 444 g/mol. The molecule has 4 aromatic rings. The van der Waals surface area contributed by atoms with Crippen LogP contribution in [0.2, 0.25) is 0 Å². The molecule has 2 aromatic heterocycles. The number of nitrogens with one attached hydrogen (secondary N) is 1. The van der Waals surface area contributed by atoms with Gasteiger partial charge >= 0.3 is 0 Å². The monoisotopic (exact) mass is 443 g/mol. The van der Waals surface area contributed by atoms with Crippen molar-refractivity contribution >= 4 is 22.7 Å². The van der Waals surface area contributed by atoms with Gasteiger partial charge in [0.25, 0.3) is 5.91 Å². The van der Waals surface area contributed by atoms with Crippen molar-refractivity contribution in [1.82, 2.24) is 24.6 Å². The first-order valence-corrected chi connectivity index (χ1v) is 10.9. The van der Waals surface area contributed by atoms with Gasteiger partial charge < -0.3 is 19.5 Å². The Balaban J connectivity index is 1.19. The van der Waals surface area contributed by atoms with Crippen LogP contribution in [0.1, 0.15) is 16.1 Å². The molecule has 2 amide bonds. The number of carbonyl (C=O) groups excluding carboxylic acids is 2. The van der Waals surface area contributed by atoms with Crippen molar-refractivity contribution in [3.63, 3.8) is 0 Å². The van der Waals surface area contributed by atoms with Gasteiger partial charge in [-0.3, -0.25) is 9.59 Å². The third-order valence-electron chi connectivity index (χ3n) is 6.08. The molecule has 1 saturated heterocycles. The van der Waals surface area contributed by atoms with Crippen LogP contribution in [-0.4, -0.2) is 69.7 Å². The van der Waals surface area contributed by atoms with Crippen LogP contribution in [0.4, 0.5) is 0 Å². The molecule has 33 heavy (non-hydrogen) atoms. The van der Waals surface area contributed by atoms with Gasteiger partial charge in [0.2, 0.25) is 5.91 Å². The zero-order chi connectivity index (χ0) is 22.8. The quantitative estimate of drug-likeness (QED) is 0.514. The van der Waals surface area contributed by atoms with Gasteiger partial charge in [0.05, 0.1) is 19.2 Å². The number of carbonyl (C=O) groups is 2. The molecule has 2 aromatic carbocycles. The number of fused-ring (bicyclic) bond motifs is 1. The highest BCUT2D eigenvalue weighted by Crippen LogP contribution is 2.19. The summed E-state index contributed by atoms with van der Waals surface area (Å²) in [5.41, 5.74) is 3.27. The molecule has 0 unspecified atom stereocenters. The van der Waals surface area contributed by atoms with E-state index in [1.54, 1.807) is 29.0 Å². The maximum atomic E-state index is 12.9. The summed E-state index contributed by atoms with van der Waals surface area (Å²) in [6, 6.07) is 17.2. The van der Waals surface area contributed by atoms with Gasteiger partial charge in [-0.25, -0.2) is 4.68 Å². The lowest BCUT2D eigenvalue weighted by atomic mass is 10.1. The number of para-hydroxylation sites is 1. The van der Waals surface area contributed by atoms with Gasteiger partial charge in [-0.2, -0.15) is 5.10 Å². The molecule has 1 aliphatic rings. The number of benzene rings is 2. The van der Waals surface area contributed by atoms with Crippen molar-refractivity contribution < 1.29 is 14.3 Å². The fraction of sp³-hybridized carbons (Fsp3) is 0.240. The number of hydrogen-bond donors (Lipinski definition) is 1. The summed E-state index contributed by atoms with van der Waals surface area (Å²) in [5.74, 6) is 0.723. The first-order valence-electron chi connectivity index (χ1n) is 10.9. The second kappa shape index (κ2) is 8.82. The Morgan fingerprint density at radius 3 is 2.45 bits per heavy atom. The smallest absolute Gasteiger partial charge is 0.274 e. The van der Waals surface area contributed by atoms with E-state index in [1.807, 2.05) is 59.6 Å². The number of piperazine rings is 1. The molecule has 1 aliphatic heterocycles. The first-order chi connectivity index (χ1) is 16.1. The molecule has 168 valence electrons. The Morgan fingerprint density at radius 1 is 0.970 bits per heavy atom. The van der Waals surface area contributed by atoms with Crippen molar-refractivity contribution in [1.29, 1.82) is 0 Å². The standard InChI is InChI=1S/C25H25N5O3/c1-33-20-8-6-19(7-9-20)30-11-10-23(27-30)25(32)29-14-12-28(13-15-29)24(31)16-18-17-26-22-5-3-2-4-21(18)22/h2-11,17,26H,12-16H2,1H3. The zero-order valence-corrected chi connectivity index (χ0v) is 18.4. The van der Waals surface area contributed by atoms with E-state index in [9.17, 15) is 9.59 Å². The molecule has 1 N–H and O–H groups in total. The topological polar surface area (TPSA) is 83.5 Å². The Kier molecular flexibility index (Phi) is 5.56. The minimum Gasteiger partial charge on any atom is -0.497 e. The Labute approximate surface area is 191 Å². The molecule has 5 rings (SSSR count). The number of rotatable bonds is 5. The van der Waals surface area contributed by atoms with Crippen LogP contribution in [0.25, 0.3) is 16.6 Å². The number of aromatic nitrogens is 3. The summed E-state index contributed by atoms with van der Waals surface area (Å²) in [5, 5.41) is 5.52. The molecule has 8 nitrogen and oxygen atoms in total. The number of H-pyrrole nitrogens is 1. The van der Waals surface area contributed by atoms with Crippen molar-refractivity contribution in [3.8, 4) is 11.4 Å². The Bertz CT molecular complexity index is 1280. The number of methoxy groups -OCH3 is 1. The average Bonchev–Trinajstić information content (AvgIpc) is 3.52. The van der Waals surface area contributed by atoms with E-state index in [4.69, 9.17) is 4.74 Å². The molecule has 8 heteroatoms. The summed E-state index contributed by atoms with van der Waals surface area (Å²) in [6.45, 7) is 2.03. The van der Waals surface area contributed by atoms with Gasteiger partial charge in [0.1, 0.15) is 5.75 Å². The molecule has 0 bridgehead atoms. The summed E-state index contributed by atoms with van der Waals surface area (Å²) < 4.78 is 6.86. The van der Waals surface area contributed by atoms with E-state index < -0.39 is 0 Å². The van der Waals surface area contributed by atoms with Crippen LogP contribution in [-0.2, 0) is 11.2 Å². The van der Waals surface area contributed by atoms with Crippen molar-refractivity contribution in [2.24, 2.45) is 0 Å². The third kappa shape index (κ3) is 4.19. The van der Waals surface area contributed by atoms with E-state index in [0.717, 1.165) is 27.9 Å². The highest BCUT2D eigenvalue weighted by Gasteiger charge is 2.26. The maximum absolute atomic E-state index is 12.9. The summed E-state index contributed by atoms with van der Waals surface area (Å²) >= 11 is 0. The van der Waals surface area contributed by atoms with Crippen LogP contribution in [0.3, 0.4) is 0 Å². The second-order valence-electron chi connectivity index (χ2n) is 8.05. The van der Waals surface area contributed by atoms with Crippen LogP contribution in [0, 0.1) is 0 Å². The molecule has 0 spiro atoms. The number of amides is 2. The first kappa shape index (κ1) is 20.8. The molecular formula is C25H25N5O3. The highest BCUT2D eigenvalue weighted by molar-refractivity contribution is 5.93. The van der Waals surface area contributed by atoms with Gasteiger partial charge in [-0.1, -0.05) is 18.2 Å². The van der Waals surface area contributed by atoms with E-state index >= 15 is 0 Å². The molecule has 0 atom stereocenters. The van der Waals surface area contributed by atoms with Crippen molar-refractivity contribution in [2.45, 2.75) is 6.42 Å². The van der Waals surface area contributed by atoms with E-state index in [2.05, 4.69) is 10.1 Å². The molecular weight excluding hydrogens is 418 g/mol. The minimum atomic E-state index is -0.119. The lowest BCUT2D eigenvalue weighted by Gasteiger charge is -2.34. The van der Waals surface area contributed by atoms with Crippen LogP contribution in [0.15, 0.2) is 67.0 Å². The molecule has 0 radical (unpaired) electrons. The number of ether oxygens (including phenoxy) is 1. The predicted octanol–water partition coefficient (Wildman–Crippen LogP) is 2.89. The number of hydrogen-bond acceptors (Lipinski definition) is 4. The summed E-state index contributed by atoms with van der Waals surface area (Å²) in [4.78, 5) is 32.6. The van der Waals surface area contributed by atoms with Crippen molar-refractivity contribution in [2.75, 3.05) is 33.3 Å². The van der Waals surface area contributed by atoms with Crippen LogP contribution < -0.4 is 4.74 Å². The third-order valence-corrected chi connectivity index (χ3v) is 6.08. The van der Waals surface area contributed by atoms with Crippen molar-refractivity contribution in [3.05, 3.63) is 78.2 Å². The second-order valence-corrected chi connectivity index (χ2v) is 8.05. The lowest BCUT2D eigenvalue weighted by molar-refractivity contribution is -0.131. The fourth-order valence-corrected chi connectivity index (χ4v) is 4.19.